The van der Waals surface area contributed by atoms with Crippen molar-refractivity contribution in [3.8, 4) is 0 Å². The summed E-state index contributed by atoms with van der Waals surface area (Å²) in [4.78, 5) is 12.2. The second kappa shape index (κ2) is 5.88. The molecule has 18 heavy (non-hydrogen) atoms. The Morgan fingerprint density at radius 1 is 1.50 bits per heavy atom. The molecule has 0 bridgehead atoms. The van der Waals surface area contributed by atoms with Crippen molar-refractivity contribution in [1.29, 1.82) is 0 Å². The van der Waals surface area contributed by atoms with E-state index < -0.39 is 0 Å². The van der Waals surface area contributed by atoms with Crippen LogP contribution in [0, 0.1) is 0 Å². The van der Waals surface area contributed by atoms with Gasteiger partial charge in [-0.15, -0.1) is 0 Å². The van der Waals surface area contributed by atoms with Gasteiger partial charge in [0.05, 0.1) is 18.9 Å². The van der Waals surface area contributed by atoms with Crippen molar-refractivity contribution in [1.82, 2.24) is 15.0 Å². The number of nitrogen functional groups attached to an aromatic ring is 1. The highest BCUT2D eigenvalue weighted by atomic mass is 16.5. The molecule has 6 nitrogen and oxygen atoms in total. The predicted octanol–water partition coefficient (Wildman–Crippen LogP) is 0.457. The minimum Gasteiger partial charge on any atom is -0.397 e. The maximum atomic E-state index is 12.2. The Morgan fingerprint density at radius 3 is 2.89 bits per heavy atom. The number of nitrogens with one attached hydrogen (secondary N) is 1. The summed E-state index contributed by atoms with van der Waals surface area (Å²) in [5.41, 5.74) is 9.86. The SMILES string of the molecule is CCCn1cc(N)cc1C(=O)NN1CCOCC1. The van der Waals surface area contributed by atoms with E-state index in [1.165, 1.54) is 0 Å². The van der Waals surface area contributed by atoms with Gasteiger partial charge in [0, 0.05) is 25.8 Å². The van der Waals surface area contributed by atoms with E-state index in [-0.39, 0.29) is 5.91 Å². The van der Waals surface area contributed by atoms with Crippen LogP contribution in [0.2, 0.25) is 0 Å². The van der Waals surface area contributed by atoms with E-state index in [0.717, 1.165) is 26.1 Å². The van der Waals surface area contributed by atoms with Crippen LogP contribution in [0.3, 0.4) is 0 Å². The number of aromatic nitrogens is 1. The van der Waals surface area contributed by atoms with Crippen molar-refractivity contribution >= 4 is 11.6 Å². The normalized spacial score (nSPS) is 16.7. The number of amides is 1. The van der Waals surface area contributed by atoms with Gasteiger partial charge in [-0.2, -0.15) is 0 Å². The Labute approximate surface area is 107 Å². The molecule has 1 aromatic heterocycles. The van der Waals surface area contributed by atoms with Crippen LogP contribution in [0.1, 0.15) is 23.8 Å². The molecule has 0 unspecified atom stereocenters. The highest BCUT2D eigenvalue weighted by molar-refractivity contribution is 5.93. The number of aryl methyl sites for hydroxylation is 1. The summed E-state index contributed by atoms with van der Waals surface area (Å²) in [6, 6.07) is 1.71. The maximum absolute atomic E-state index is 12.2. The molecule has 2 heterocycles. The quantitative estimate of drug-likeness (QED) is 0.816. The molecule has 1 fully saturated rings. The molecule has 1 aliphatic rings. The molecule has 1 aromatic rings. The molecule has 0 spiro atoms. The van der Waals surface area contributed by atoms with E-state index in [0.29, 0.717) is 24.6 Å². The number of rotatable bonds is 4. The van der Waals surface area contributed by atoms with Gasteiger partial charge in [-0.1, -0.05) is 6.92 Å². The van der Waals surface area contributed by atoms with Gasteiger partial charge in [-0.3, -0.25) is 10.2 Å². The number of hydrazine groups is 1. The molecule has 0 radical (unpaired) electrons. The van der Waals surface area contributed by atoms with Gasteiger partial charge in [0.2, 0.25) is 0 Å². The molecule has 0 atom stereocenters. The average molecular weight is 252 g/mol. The lowest BCUT2D eigenvalue weighted by molar-refractivity contribution is 0.0123. The number of carbonyl (C=O) groups excluding carboxylic acids is 1. The summed E-state index contributed by atoms with van der Waals surface area (Å²) >= 11 is 0. The Bertz CT molecular complexity index is 410. The number of nitrogens with two attached hydrogens (primary N) is 1. The van der Waals surface area contributed by atoms with Crippen LogP contribution in [0.25, 0.3) is 0 Å². The highest BCUT2D eigenvalue weighted by Crippen LogP contribution is 2.11. The summed E-state index contributed by atoms with van der Waals surface area (Å²) in [6.45, 7) is 5.60. The van der Waals surface area contributed by atoms with Crippen LogP contribution in [-0.2, 0) is 11.3 Å². The van der Waals surface area contributed by atoms with Gasteiger partial charge in [0.15, 0.2) is 0 Å². The fraction of sp³-hybridized carbons (Fsp3) is 0.583. The number of nitrogens with zero attached hydrogens (tertiary/aromatic N) is 2. The lowest BCUT2D eigenvalue weighted by Crippen LogP contribution is -2.48. The van der Waals surface area contributed by atoms with Crippen molar-refractivity contribution in [2.75, 3.05) is 32.0 Å². The van der Waals surface area contributed by atoms with Crippen molar-refractivity contribution in [3.63, 3.8) is 0 Å². The van der Waals surface area contributed by atoms with E-state index in [1.807, 2.05) is 9.58 Å². The topological polar surface area (TPSA) is 72.5 Å². The number of morpholine rings is 1. The third kappa shape index (κ3) is 3.02. The number of hydrogen-bond acceptors (Lipinski definition) is 4. The maximum Gasteiger partial charge on any atom is 0.282 e. The van der Waals surface area contributed by atoms with Crippen molar-refractivity contribution in [3.05, 3.63) is 18.0 Å². The van der Waals surface area contributed by atoms with Gasteiger partial charge in [-0.05, 0) is 12.5 Å². The van der Waals surface area contributed by atoms with E-state index in [1.54, 1.807) is 12.3 Å². The van der Waals surface area contributed by atoms with Gasteiger partial charge in [-0.25, -0.2) is 5.01 Å². The lowest BCUT2D eigenvalue weighted by Gasteiger charge is -2.27. The van der Waals surface area contributed by atoms with Gasteiger partial charge < -0.3 is 15.0 Å². The van der Waals surface area contributed by atoms with Crippen LogP contribution in [-0.4, -0.2) is 41.8 Å². The van der Waals surface area contributed by atoms with Gasteiger partial charge >= 0.3 is 0 Å². The minimum atomic E-state index is -0.109. The molecule has 6 heteroatoms. The van der Waals surface area contributed by atoms with Gasteiger partial charge in [0.1, 0.15) is 5.69 Å². The Morgan fingerprint density at radius 2 is 2.22 bits per heavy atom. The van der Waals surface area contributed by atoms with E-state index in [9.17, 15) is 4.79 Å². The van der Waals surface area contributed by atoms with Crippen LogP contribution in [0.15, 0.2) is 12.3 Å². The third-order valence-electron chi connectivity index (χ3n) is 2.89. The second-order valence-electron chi connectivity index (χ2n) is 4.39. The summed E-state index contributed by atoms with van der Waals surface area (Å²) in [7, 11) is 0. The molecule has 0 saturated carbocycles. The summed E-state index contributed by atoms with van der Waals surface area (Å²) < 4.78 is 7.13. The molecule has 0 aliphatic carbocycles. The number of anilines is 1. The van der Waals surface area contributed by atoms with Crippen LogP contribution >= 0.6 is 0 Å². The van der Waals surface area contributed by atoms with Gasteiger partial charge in [0.25, 0.3) is 5.91 Å². The summed E-state index contributed by atoms with van der Waals surface area (Å²) in [5, 5.41) is 1.88. The zero-order valence-corrected chi connectivity index (χ0v) is 10.7. The Hall–Kier alpha value is -1.53. The van der Waals surface area contributed by atoms with E-state index in [4.69, 9.17) is 10.5 Å². The predicted molar refractivity (Wildman–Crippen MR) is 69.0 cm³/mol. The van der Waals surface area contributed by atoms with Crippen molar-refractivity contribution in [2.24, 2.45) is 0 Å². The average Bonchev–Trinajstić information content (AvgIpc) is 2.72. The number of carbonyl (C=O) groups is 1. The fourth-order valence-corrected chi connectivity index (χ4v) is 2.03. The second-order valence-corrected chi connectivity index (χ2v) is 4.39. The zero-order chi connectivity index (χ0) is 13.0. The van der Waals surface area contributed by atoms with Crippen LogP contribution in [0.5, 0.6) is 0 Å². The lowest BCUT2D eigenvalue weighted by atomic mass is 10.3. The Kier molecular flexibility index (Phi) is 4.22. The molecule has 100 valence electrons. The molecule has 3 N–H and O–H groups in total. The smallest absolute Gasteiger partial charge is 0.282 e. The van der Waals surface area contributed by atoms with E-state index >= 15 is 0 Å². The van der Waals surface area contributed by atoms with E-state index in [2.05, 4.69) is 12.3 Å². The molecular formula is C12H20N4O2. The summed E-state index contributed by atoms with van der Waals surface area (Å²) in [5.74, 6) is -0.109. The molecule has 0 aromatic carbocycles. The molecular weight excluding hydrogens is 232 g/mol. The van der Waals surface area contributed by atoms with Crippen molar-refractivity contribution < 1.29 is 9.53 Å². The molecule has 1 amide bonds. The first kappa shape index (κ1) is 12.9. The zero-order valence-electron chi connectivity index (χ0n) is 10.7. The van der Waals surface area contributed by atoms with Crippen LogP contribution < -0.4 is 11.2 Å². The first-order chi connectivity index (χ1) is 8.70. The first-order valence-corrected chi connectivity index (χ1v) is 6.30. The van der Waals surface area contributed by atoms with Crippen molar-refractivity contribution in [2.45, 2.75) is 19.9 Å². The Balaban J connectivity index is 2.03. The largest absolute Gasteiger partial charge is 0.397 e. The molecule has 1 saturated heterocycles. The minimum absolute atomic E-state index is 0.109. The molecule has 2 rings (SSSR count). The third-order valence-corrected chi connectivity index (χ3v) is 2.89. The fourth-order valence-electron chi connectivity index (χ4n) is 2.03. The summed E-state index contributed by atoms with van der Waals surface area (Å²) in [6.07, 6.45) is 2.77. The monoisotopic (exact) mass is 252 g/mol. The number of hydrogen-bond donors (Lipinski definition) is 2. The molecule has 1 aliphatic heterocycles. The highest BCUT2D eigenvalue weighted by Gasteiger charge is 2.17. The first-order valence-electron chi connectivity index (χ1n) is 6.30. The standard InChI is InChI=1S/C12H20N4O2/c1-2-3-15-9-10(13)8-11(15)12(17)14-16-4-6-18-7-5-16/h8-9H,2-7,13H2,1H3,(H,14,17). The van der Waals surface area contributed by atoms with Crippen LogP contribution in [0.4, 0.5) is 5.69 Å². The number of ether oxygens (including phenoxy) is 1.